The molecule has 0 spiro atoms. The van der Waals surface area contributed by atoms with Crippen LogP contribution in [0.3, 0.4) is 0 Å². The van der Waals surface area contributed by atoms with Crippen LogP contribution in [0.15, 0.2) is 23.8 Å². The molecule has 104 valence electrons. The van der Waals surface area contributed by atoms with Crippen LogP contribution in [0.25, 0.3) is 5.76 Å². The Hall–Kier alpha value is -2.63. The van der Waals surface area contributed by atoms with E-state index in [9.17, 15) is 19.5 Å². The average molecular weight is 276 g/mol. The molecule has 0 radical (unpaired) electrons. The van der Waals surface area contributed by atoms with Crippen molar-refractivity contribution < 1.29 is 29.0 Å². The second kappa shape index (κ2) is 5.16. The second-order valence-electron chi connectivity index (χ2n) is 4.01. The highest BCUT2D eigenvalue weighted by atomic mass is 16.5. The van der Waals surface area contributed by atoms with E-state index in [4.69, 9.17) is 4.74 Å². The van der Waals surface area contributed by atoms with Crippen LogP contribution in [-0.4, -0.2) is 36.4 Å². The van der Waals surface area contributed by atoms with E-state index in [1.54, 1.807) is 6.92 Å². The summed E-state index contributed by atoms with van der Waals surface area (Å²) >= 11 is 0. The minimum Gasteiger partial charge on any atom is -0.506 e. The summed E-state index contributed by atoms with van der Waals surface area (Å²) in [5, 5.41) is 10.0. The molecule has 0 saturated heterocycles. The highest BCUT2D eigenvalue weighted by molar-refractivity contribution is 6.57. The van der Waals surface area contributed by atoms with Crippen molar-refractivity contribution in [3.8, 4) is 5.75 Å². The molecule has 1 aliphatic carbocycles. The van der Waals surface area contributed by atoms with Gasteiger partial charge in [0.05, 0.1) is 13.7 Å². The van der Waals surface area contributed by atoms with Crippen molar-refractivity contribution in [2.24, 2.45) is 0 Å². The van der Waals surface area contributed by atoms with Crippen molar-refractivity contribution in [2.45, 2.75) is 6.92 Å². The first-order chi connectivity index (χ1) is 9.51. The number of aliphatic hydroxyl groups is 1. The smallest absolute Gasteiger partial charge is 0.346 e. The van der Waals surface area contributed by atoms with Crippen LogP contribution in [0.2, 0.25) is 0 Å². The zero-order valence-corrected chi connectivity index (χ0v) is 10.9. The number of Topliss-reactive ketones (excluding diaryl/α,β-unsaturated/α-hetero) is 2. The molecule has 2 rings (SSSR count). The Morgan fingerprint density at radius 1 is 1.20 bits per heavy atom. The maximum atomic E-state index is 12.0. The number of carbonyl (C=O) groups excluding carboxylic acids is 3. The Labute approximate surface area is 114 Å². The molecule has 1 aromatic rings. The summed E-state index contributed by atoms with van der Waals surface area (Å²) in [4.78, 5) is 35.6. The van der Waals surface area contributed by atoms with E-state index in [1.807, 2.05) is 0 Å². The molecule has 1 N–H and O–H groups in total. The summed E-state index contributed by atoms with van der Waals surface area (Å²) in [5.41, 5.74) is -0.520. The van der Waals surface area contributed by atoms with Crippen LogP contribution >= 0.6 is 0 Å². The predicted octanol–water partition coefficient (Wildman–Crippen LogP) is 1.29. The van der Waals surface area contributed by atoms with Gasteiger partial charge in [-0.2, -0.15) is 0 Å². The van der Waals surface area contributed by atoms with Crippen molar-refractivity contribution in [3.05, 3.63) is 34.9 Å². The lowest BCUT2D eigenvalue weighted by atomic mass is 9.88. The number of methoxy groups -OCH3 is 1. The fourth-order valence-corrected chi connectivity index (χ4v) is 1.92. The summed E-state index contributed by atoms with van der Waals surface area (Å²) in [6.45, 7) is 1.59. The Morgan fingerprint density at radius 2 is 1.90 bits per heavy atom. The van der Waals surface area contributed by atoms with Crippen molar-refractivity contribution in [1.29, 1.82) is 0 Å². The molecule has 6 heteroatoms. The van der Waals surface area contributed by atoms with Crippen LogP contribution in [0.4, 0.5) is 0 Å². The first-order valence-corrected chi connectivity index (χ1v) is 5.89. The van der Waals surface area contributed by atoms with Gasteiger partial charge in [0.25, 0.3) is 0 Å². The van der Waals surface area contributed by atoms with Gasteiger partial charge in [-0.05, 0) is 25.1 Å². The number of ether oxygens (including phenoxy) is 2. The molecular weight excluding hydrogens is 264 g/mol. The van der Waals surface area contributed by atoms with E-state index in [2.05, 4.69) is 4.74 Å². The van der Waals surface area contributed by atoms with Crippen LogP contribution in [0.1, 0.15) is 22.8 Å². The summed E-state index contributed by atoms with van der Waals surface area (Å²) in [6.07, 6.45) is 0. The lowest BCUT2D eigenvalue weighted by Crippen LogP contribution is -2.29. The van der Waals surface area contributed by atoms with Crippen LogP contribution < -0.4 is 4.74 Å². The molecule has 20 heavy (non-hydrogen) atoms. The lowest BCUT2D eigenvalue weighted by molar-refractivity contribution is -0.139. The molecule has 0 bridgehead atoms. The molecule has 1 aromatic carbocycles. The average Bonchev–Trinajstić information content (AvgIpc) is 2.44. The normalized spacial score (nSPS) is 14.1. The number of aliphatic hydroxyl groups excluding tert-OH is 1. The zero-order chi connectivity index (χ0) is 14.9. The number of hydrogen-bond donors (Lipinski definition) is 1. The van der Waals surface area contributed by atoms with Gasteiger partial charge in [0.15, 0.2) is 5.57 Å². The van der Waals surface area contributed by atoms with Gasteiger partial charge in [-0.1, -0.05) is 0 Å². The number of ketones is 2. The third-order valence-corrected chi connectivity index (χ3v) is 2.88. The van der Waals surface area contributed by atoms with Gasteiger partial charge < -0.3 is 14.6 Å². The Morgan fingerprint density at radius 3 is 2.50 bits per heavy atom. The first kappa shape index (κ1) is 13.8. The number of carbonyl (C=O) groups is 3. The van der Waals surface area contributed by atoms with Crippen molar-refractivity contribution in [3.63, 3.8) is 0 Å². The Bertz CT molecular complexity index is 641. The van der Waals surface area contributed by atoms with Crippen molar-refractivity contribution in [2.75, 3.05) is 13.7 Å². The van der Waals surface area contributed by atoms with E-state index in [0.29, 0.717) is 5.75 Å². The molecule has 0 unspecified atom stereocenters. The minimum absolute atomic E-state index is 0.0000940. The highest BCUT2D eigenvalue weighted by Gasteiger charge is 2.37. The predicted molar refractivity (Wildman–Crippen MR) is 68.5 cm³/mol. The fraction of sp³-hybridized carbons (Fsp3) is 0.214. The third kappa shape index (κ3) is 2.05. The SMILES string of the molecule is CCOC(=O)C1=C(O)c2ccc(OC)cc2C(=O)C1=O. The van der Waals surface area contributed by atoms with Crippen molar-refractivity contribution in [1.82, 2.24) is 0 Å². The summed E-state index contributed by atoms with van der Waals surface area (Å²) < 4.78 is 9.63. The molecule has 0 aliphatic heterocycles. The summed E-state index contributed by atoms with van der Waals surface area (Å²) in [6, 6.07) is 4.27. The maximum absolute atomic E-state index is 12.0. The van der Waals surface area contributed by atoms with Gasteiger partial charge in [-0.3, -0.25) is 9.59 Å². The van der Waals surface area contributed by atoms with E-state index < -0.39 is 28.9 Å². The molecule has 1 aliphatic rings. The number of rotatable bonds is 3. The number of benzene rings is 1. The van der Waals surface area contributed by atoms with Crippen LogP contribution in [-0.2, 0) is 14.3 Å². The Balaban J connectivity index is 2.62. The molecule has 0 heterocycles. The summed E-state index contributed by atoms with van der Waals surface area (Å²) in [7, 11) is 1.41. The molecule has 0 atom stereocenters. The molecule has 0 amide bonds. The minimum atomic E-state index is -1.08. The van der Waals surface area contributed by atoms with E-state index in [1.165, 1.54) is 25.3 Å². The van der Waals surface area contributed by atoms with Crippen molar-refractivity contribution >= 4 is 23.3 Å². The van der Waals surface area contributed by atoms with Gasteiger partial charge in [0, 0.05) is 11.1 Å². The first-order valence-electron chi connectivity index (χ1n) is 5.89. The van der Waals surface area contributed by atoms with E-state index >= 15 is 0 Å². The molecular formula is C14H12O6. The Kier molecular flexibility index (Phi) is 3.56. The maximum Gasteiger partial charge on any atom is 0.346 e. The molecule has 6 nitrogen and oxygen atoms in total. The van der Waals surface area contributed by atoms with Gasteiger partial charge in [-0.15, -0.1) is 0 Å². The zero-order valence-electron chi connectivity index (χ0n) is 10.9. The quantitative estimate of drug-likeness (QED) is 0.508. The molecule has 0 saturated carbocycles. The fourth-order valence-electron chi connectivity index (χ4n) is 1.92. The number of hydrogen-bond acceptors (Lipinski definition) is 6. The third-order valence-electron chi connectivity index (χ3n) is 2.88. The van der Waals surface area contributed by atoms with Gasteiger partial charge in [0.2, 0.25) is 11.6 Å². The standard InChI is InChI=1S/C14H12O6/c1-3-20-14(18)10-11(15)8-5-4-7(19-2)6-9(8)12(16)13(10)17/h4-6,15H,3H2,1-2H3. The van der Waals surface area contributed by atoms with Gasteiger partial charge in [-0.25, -0.2) is 4.79 Å². The largest absolute Gasteiger partial charge is 0.506 e. The highest BCUT2D eigenvalue weighted by Crippen LogP contribution is 2.30. The lowest BCUT2D eigenvalue weighted by Gasteiger charge is -2.17. The van der Waals surface area contributed by atoms with Gasteiger partial charge >= 0.3 is 5.97 Å². The molecule has 0 aromatic heterocycles. The van der Waals surface area contributed by atoms with E-state index in [-0.39, 0.29) is 17.7 Å². The molecule has 0 fully saturated rings. The van der Waals surface area contributed by atoms with Crippen LogP contribution in [0, 0.1) is 0 Å². The topological polar surface area (TPSA) is 89.9 Å². The van der Waals surface area contributed by atoms with Gasteiger partial charge in [0.1, 0.15) is 11.5 Å². The van der Waals surface area contributed by atoms with E-state index in [0.717, 1.165) is 0 Å². The summed E-state index contributed by atoms with van der Waals surface area (Å²) in [5.74, 6) is -3.14. The number of fused-ring (bicyclic) bond motifs is 1. The monoisotopic (exact) mass is 276 g/mol. The number of esters is 1. The second-order valence-corrected chi connectivity index (χ2v) is 4.01. The van der Waals surface area contributed by atoms with Crippen LogP contribution in [0.5, 0.6) is 5.75 Å².